The van der Waals surface area contributed by atoms with Gasteiger partial charge in [-0.25, -0.2) is 4.98 Å². The van der Waals surface area contributed by atoms with Gasteiger partial charge < -0.3 is 4.90 Å². The third kappa shape index (κ3) is 3.15. The zero-order valence-electron chi connectivity index (χ0n) is 11.5. The first kappa shape index (κ1) is 13.9. The van der Waals surface area contributed by atoms with E-state index in [0.29, 0.717) is 0 Å². The van der Waals surface area contributed by atoms with Gasteiger partial charge in [0.1, 0.15) is 0 Å². The van der Waals surface area contributed by atoms with Crippen LogP contribution in [0.15, 0.2) is 36.5 Å². The first-order valence-corrected chi connectivity index (χ1v) is 8.54. The largest absolute Gasteiger partial charge is 0.348 e. The molecular formula is C16H19ClN2S. The monoisotopic (exact) mass is 306 g/mol. The molecule has 0 atom stereocenters. The average molecular weight is 307 g/mol. The van der Waals surface area contributed by atoms with Gasteiger partial charge in [-0.1, -0.05) is 41.7 Å². The summed E-state index contributed by atoms with van der Waals surface area (Å²) in [7, 11) is 0. The molecule has 1 fully saturated rings. The molecule has 0 N–H and O–H groups in total. The van der Waals surface area contributed by atoms with Crippen LogP contribution in [0.1, 0.15) is 19.3 Å². The molecule has 2 heterocycles. The topological polar surface area (TPSA) is 16.1 Å². The van der Waals surface area contributed by atoms with Crippen LogP contribution >= 0.6 is 22.9 Å². The van der Waals surface area contributed by atoms with E-state index in [-0.39, 0.29) is 0 Å². The van der Waals surface area contributed by atoms with Gasteiger partial charge >= 0.3 is 0 Å². The van der Waals surface area contributed by atoms with Crippen LogP contribution in [0.5, 0.6) is 0 Å². The van der Waals surface area contributed by atoms with Crippen molar-refractivity contribution in [2.45, 2.75) is 19.3 Å². The van der Waals surface area contributed by atoms with Gasteiger partial charge in [0.2, 0.25) is 0 Å². The van der Waals surface area contributed by atoms with Crippen molar-refractivity contribution in [3.63, 3.8) is 0 Å². The van der Waals surface area contributed by atoms with Crippen molar-refractivity contribution in [2.24, 2.45) is 5.92 Å². The number of aromatic nitrogens is 1. The second-order valence-corrected chi connectivity index (χ2v) is 6.67. The molecular weight excluding hydrogens is 288 g/mol. The van der Waals surface area contributed by atoms with Crippen LogP contribution in [0, 0.1) is 5.92 Å². The number of rotatable bonds is 4. The molecule has 0 saturated carbocycles. The van der Waals surface area contributed by atoms with E-state index in [1.54, 1.807) is 11.3 Å². The van der Waals surface area contributed by atoms with Crippen LogP contribution in [-0.4, -0.2) is 24.0 Å². The summed E-state index contributed by atoms with van der Waals surface area (Å²) in [5.74, 6) is 1.59. The third-order valence-electron chi connectivity index (χ3n) is 3.95. The molecule has 1 aromatic heterocycles. The fourth-order valence-electron chi connectivity index (χ4n) is 2.71. The van der Waals surface area contributed by atoms with Crippen molar-refractivity contribution < 1.29 is 0 Å². The summed E-state index contributed by atoms with van der Waals surface area (Å²) in [4.78, 5) is 8.28. The van der Waals surface area contributed by atoms with E-state index < -0.39 is 0 Å². The number of hydrogen-bond donors (Lipinski definition) is 0. The van der Waals surface area contributed by atoms with E-state index in [0.717, 1.165) is 36.4 Å². The molecule has 2 aromatic rings. The highest BCUT2D eigenvalue weighted by molar-refractivity contribution is 7.18. The van der Waals surface area contributed by atoms with Crippen LogP contribution in [-0.2, 0) is 0 Å². The minimum absolute atomic E-state index is 0.792. The number of anilines is 1. The van der Waals surface area contributed by atoms with Crippen molar-refractivity contribution in [1.82, 2.24) is 4.98 Å². The quantitative estimate of drug-likeness (QED) is 0.764. The Balaban J connectivity index is 1.66. The second-order valence-electron chi connectivity index (χ2n) is 5.28. The maximum Gasteiger partial charge on any atom is 0.185 e. The predicted octanol–water partition coefficient (Wildman–Crippen LogP) is 4.66. The smallest absolute Gasteiger partial charge is 0.185 e. The number of thiazole rings is 1. The van der Waals surface area contributed by atoms with Gasteiger partial charge in [-0.3, -0.25) is 0 Å². The number of nitrogens with zero attached hydrogens (tertiary/aromatic N) is 2. The minimum Gasteiger partial charge on any atom is -0.348 e. The Morgan fingerprint density at radius 3 is 2.65 bits per heavy atom. The van der Waals surface area contributed by atoms with Gasteiger partial charge in [0, 0.05) is 25.2 Å². The Kier molecular flexibility index (Phi) is 4.58. The van der Waals surface area contributed by atoms with Crippen molar-refractivity contribution in [1.29, 1.82) is 0 Å². The molecule has 3 rings (SSSR count). The van der Waals surface area contributed by atoms with E-state index >= 15 is 0 Å². The summed E-state index contributed by atoms with van der Waals surface area (Å²) in [5.41, 5.74) is 1.26. The molecule has 0 unspecified atom stereocenters. The van der Waals surface area contributed by atoms with Gasteiger partial charge in [0.05, 0.1) is 4.88 Å². The van der Waals surface area contributed by atoms with Gasteiger partial charge in [-0.2, -0.15) is 0 Å². The van der Waals surface area contributed by atoms with Crippen molar-refractivity contribution in [3.05, 3.63) is 36.5 Å². The number of hydrogen-bond acceptors (Lipinski definition) is 3. The summed E-state index contributed by atoms with van der Waals surface area (Å²) in [5, 5.41) is 1.16. The summed E-state index contributed by atoms with van der Waals surface area (Å²) in [6.07, 6.45) is 5.64. The first-order chi connectivity index (χ1) is 9.86. The molecule has 0 spiro atoms. The molecule has 106 valence electrons. The zero-order chi connectivity index (χ0) is 13.8. The molecule has 0 aliphatic carbocycles. The molecule has 1 aliphatic rings. The Morgan fingerprint density at radius 1 is 1.20 bits per heavy atom. The lowest BCUT2D eigenvalue weighted by Crippen LogP contribution is -2.33. The summed E-state index contributed by atoms with van der Waals surface area (Å²) in [6, 6.07) is 10.5. The van der Waals surface area contributed by atoms with E-state index in [1.807, 2.05) is 12.3 Å². The maximum atomic E-state index is 5.84. The average Bonchev–Trinajstić information content (AvgIpc) is 2.99. The number of halogens is 1. The second kappa shape index (κ2) is 6.59. The van der Waals surface area contributed by atoms with Crippen LogP contribution in [0.3, 0.4) is 0 Å². The first-order valence-electron chi connectivity index (χ1n) is 7.19. The molecule has 2 nitrogen and oxygen atoms in total. The van der Waals surface area contributed by atoms with E-state index in [2.05, 4.69) is 34.1 Å². The van der Waals surface area contributed by atoms with Crippen LogP contribution in [0.2, 0.25) is 0 Å². The van der Waals surface area contributed by atoms with Gasteiger partial charge in [0.15, 0.2) is 5.13 Å². The highest BCUT2D eigenvalue weighted by Gasteiger charge is 2.20. The molecule has 20 heavy (non-hydrogen) atoms. The van der Waals surface area contributed by atoms with Crippen LogP contribution in [0.4, 0.5) is 5.13 Å². The van der Waals surface area contributed by atoms with E-state index in [9.17, 15) is 0 Å². The lowest BCUT2D eigenvalue weighted by Gasteiger charge is -2.31. The third-order valence-corrected chi connectivity index (χ3v) is 5.28. The van der Waals surface area contributed by atoms with E-state index in [1.165, 1.54) is 23.3 Å². The number of benzene rings is 1. The Morgan fingerprint density at radius 2 is 1.95 bits per heavy atom. The normalized spacial score (nSPS) is 16.6. The van der Waals surface area contributed by atoms with Crippen LogP contribution < -0.4 is 4.90 Å². The fourth-order valence-corrected chi connectivity index (χ4v) is 4.00. The highest BCUT2D eigenvalue weighted by atomic mass is 35.5. The van der Waals surface area contributed by atoms with Crippen molar-refractivity contribution in [2.75, 3.05) is 23.9 Å². The molecule has 0 radical (unpaired) electrons. The van der Waals surface area contributed by atoms with Crippen molar-refractivity contribution in [3.8, 4) is 10.4 Å². The summed E-state index contributed by atoms with van der Waals surface area (Å²) in [6.45, 7) is 2.23. The lowest BCUT2D eigenvalue weighted by atomic mass is 9.95. The van der Waals surface area contributed by atoms with Crippen molar-refractivity contribution >= 4 is 28.1 Å². The maximum absolute atomic E-state index is 5.84. The Hall–Kier alpha value is -1.06. The molecule has 1 aromatic carbocycles. The zero-order valence-corrected chi connectivity index (χ0v) is 13.0. The van der Waals surface area contributed by atoms with E-state index in [4.69, 9.17) is 11.6 Å². The lowest BCUT2D eigenvalue weighted by molar-refractivity contribution is 0.396. The predicted molar refractivity (Wildman–Crippen MR) is 87.8 cm³/mol. The Bertz CT molecular complexity index is 532. The van der Waals surface area contributed by atoms with Gasteiger partial charge in [0.25, 0.3) is 0 Å². The summed E-state index contributed by atoms with van der Waals surface area (Å²) < 4.78 is 0. The SMILES string of the molecule is ClCCC1CCN(c2ncc(-c3ccccc3)s2)CC1. The highest BCUT2D eigenvalue weighted by Crippen LogP contribution is 2.33. The van der Waals surface area contributed by atoms with Gasteiger partial charge in [-0.15, -0.1) is 11.6 Å². The summed E-state index contributed by atoms with van der Waals surface area (Å²) >= 11 is 7.63. The fraction of sp³-hybridized carbons (Fsp3) is 0.438. The van der Waals surface area contributed by atoms with Gasteiger partial charge in [-0.05, 0) is 30.7 Å². The Labute approximate surface area is 129 Å². The molecule has 0 amide bonds. The molecule has 4 heteroatoms. The minimum atomic E-state index is 0.792. The standard InChI is InChI=1S/C16H19ClN2S/c17-9-6-13-7-10-19(11-8-13)16-18-12-15(20-16)14-4-2-1-3-5-14/h1-5,12-13H,6-11H2. The van der Waals surface area contributed by atoms with Crippen LogP contribution in [0.25, 0.3) is 10.4 Å². The molecule has 1 aliphatic heterocycles. The number of piperidine rings is 1. The molecule has 0 bridgehead atoms. The number of alkyl halides is 1. The molecule has 1 saturated heterocycles.